The summed E-state index contributed by atoms with van der Waals surface area (Å²) in [6, 6.07) is -0.702. The lowest BCUT2D eigenvalue weighted by Crippen LogP contribution is -2.46. The number of allylic oxidation sites excluding steroid dienone is 6. The van der Waals surface area contributed by atoms with Gasteiger partial charge in [0.1, 0.15) is 6.10 Å². The van der Waals surface area contributed by atoms with Crippen LogP contribution >= 0.6 is 0 Å². The molecule has 0 aliphatic rings. The Labute approximate surface area is 373 Å². The van der Waals surface area contributed by atoms with E-state index in [1.165, 1.54) is 148 Å². The third-order valence-electron chi connectivity index (χ3n) is 12.0. The second-order valence-electron chi connectivity index (χ2n) is 18.0. The maximum absolute atomic E-state index is 13.2. The van der Waals surface area contributed by atoms with E-state index in [-0.39, 0.29) is 24.9 Å². The van der Waals surface area contributed by atoms with Gasteiger partial charge >= 0.3 is 5.97 Å². The van der Waals surface area contributed by atoms with Crippen LogP contribution in [0.5, 0.6) is 0 Å². The molecular weight excluding hydrogens is 743 g/mol. The molecule has 1 amide bonds. The minimum absolute atomic E-state index is 0.0733. The number of nitrogens with one attached hydrogen (secondary N) is 1. The third kappa shape index (κ3) is 42.8. The number of hydrogen-bond acceptors (Lipinski definition) is 5. The second-order valence-corrected chi connectivity index (χ2v) is 18.0. The molecule has 6 nitrogen and oxygen atoms in total. The lowest BCUT2D eigenvalue weighted by molar-refractivity contribution is -0.151. The Balaban J connectivity index is 4.57. The number of amides is 1. The average Bonchev–Trinajstić information content (AvgIpc) is 3.24. The van der Waals surface area contributed by atoms with Crippen molar-refractivity contribution in [2.45, 2.75) is 289 Å². The Morgan fingerprint density at radius 2 is 0.900 bits per heavy atom. The van der Waals surface area contributed by atoms with Gasteiger partial charge in [-0.25, -0.2) is 0 Å². The van der Waals surface area contributed by atoms with Crippen LogP contribution in [0.3, 0.4) is 0 Å². The summed E-state index contributed by atoms with van der Waals surface area (Å²) >= 11 is 0. The zero-order chi connectivity index (χ0) is 43.8. The van der Waals surface area contributed by atoms with Gasteiger partial charge in [0.2, 0.25) is 5.91 Å². The fourth-order valence-corrected chi connectivity index (χ4v) is 8.08. The minimum Gasteiger partial charge on any atom is -0.462 e. The Bertz CT molecular complexity index is 993. The molecule has 0 aromatic heterocycles. The van der Waals surface area contributed by atoms with Gasteiger partial charge in [-0.15, -0.1) is 0 Å². The first kappa shape index (κ1) is 58.1. The molecule has 352 valence electrons. The molecule has 0 aromatic carbocycles. The highest BCUT2D eigenvalue weighted by atomic mass is 16.5. The second kappa shape index (κ2) is 48.1. The van der Waals surface area contributed by atoms with Gasteiger partial charge in [0, 0.05) is 6.42 Å². The summed E-state index contributed by atoms with van der Waals surface area (Å²) in [6.07, 6.45) is 56.3. The number of carbonyl (C=O) groups excluding carboxylic acids is 2. The molecule has 0 heterocycles. The quantitative estimate of drug-likeness (QED) is 0.0322. The van der Waals surface area contributed by atoms with Crippen LogP contribution < -0.4 is 5.32 Å². The smallest absolute Gasteiger partial charge is 0.306 e. The van der Waals surface area contributed by atoms with E-state index in [2.05, 4.69) is 62.5 Å². The molecule has 0 bridgehead atoms. The van der Waals surface area contributed by atoms with Gasteiger partial charge in [-0.05, 0) is 44.9 Å². The van der Waals surface area contributed by atoms with Crippen LogP contribution in [0.1, 0.15) is 271 Å². The van der Waals surface area contributed by atoms with Crippen molar-refractivity contribution in [3.05, 3.63) is 36.5 Å². The van der Waals surface area contributed by atoms with Gasteiger partial charge in [0.25, 0.3) is 0 Å². The molecule has 0 rings (SSSR count). The lowest BCUT2D eigenvalue weighted by atomic mass is 10.0. The fourth-order valence-electron chi connectivity index (χ4n) is 8.08. The van der Waals surface area contributed by atoms with Gasteiger partial charge in [-0.3, -0.25) is 9.59 Å². The molecule has 60 heavy (non-hydrogen) atoms. The van der Waals surface area contributed by atoms with Crippen molar-refractivity contribution in [2.75, 3.05) is 6.61 Å². The van der Waals surface area contributed by atoms with E-state index >= 15 is 0 Å². The predicted molar refractivity (Wildman–Crippen MR) is 259 cm³/mol. The molecule has 0 fully saturated rings. The van der Waals surface area contributed by atoms with Crippen LogP contribution in [-0.4, -0.2) is 46.9 Å². The van der Waals surface area contributed by atoms with E-state index in [0.29, 0.717) is 19.3 Å². The average molecular weight is 844 g/mol. The van der Waals surface area contributed by atoms with Gasteiger partial charge in [0.15, 0.2) is 0 Å². The van der Waals surface area contributed by atoms with Crippen LogP contribution in [0.2, 0.25) is 0 Å². The highest BCUT2D eigenvalue weighted by Crippen LogP contribution is 2.18. The van der Waals surface area contributed by atoms with Crippen LogP contribution in [0.4, 0.5) is 0 Å². The lowest BCUT2D eigenvalue weighted by Gasteiger charge is -2.24. The molecular formula is C54H101NO5. The molecule has 0 aromatic rings. The van der Waals surface area contributed by atoms with E-state index in [4.69, 9.17) is 4.74 Å². The number of aliphatic hydroxyl groups is 2. The van der Waals surface area contributed by atoms with E-state index < -0.39 is 18.2 Å². The van der Waals surface area contributed by atoms with Crippen LogP contribution in [0.25, 0.3) is 0 Å². The zero-order valence-electron chi connectivity index (χ0n) is 40.1. The maximum atomic E-state index is 13.2. The highest BCUT2D eigenvalue weighted by molar-refractivity contribution is 5.77. The van der Waals surface area contributed by atoms with Crippen molar-refractivity contribution in [1.29, 1.82) is 0 Å². The SMILES string of the molecule is CC/C=C/C=C/C=C\CCCCCCCC(=O)OC(CCCCCCCCCCCCCCCCCCC)CC(=O)NC(CO)C(O)CCCCCCCCCCCCC. The first-order valence-electron chi connectivity index (χ1n) is 26.2. The normalized spacial score (nSPS) is 13.5. The number of esters is 1. The van der Waals surface area contributed by atoms with Crippen LogP contribution in [0, 0.1) is 0 Å². The summed E-state index contributed by atoms with van der Waals surface area (Å²) in [4.78, 5) is 26.1. The summed E-state index contributed by atoms with van der Waals surface area (Å²) in [5, 5.41) is 23.7. The fraction of sp³-hybridized carbons (Fsp3) is 0.852. The number of rotatable bonds is 47. The molecule has 0 spiro atoms. The minimum atomic E-state index is -0.788. The Morgan fingerprint density at radius 1 is 0.500 bits per heavy atom. The largest absolute Gasteiger partial charge is 0.462 e. The molecule has 6 heteroatoms. The summed E-state index contributed by atoms with van der Waals surface area (Å²) < 4.78 is 5.93. The summed E-state index contributed by atoms with van der Waals surface area (Å²) in [6.45, 7) is 6.36. The van der Waals surface area contributed by atoms with Crippen molar-refractivity contribution in [1.82, 2.24) is 5.32 Å². The molecule has 3 N–H and O–H groups in total. The van der Waals surface area contributed by atoms with E-state index in [1.807, 2.05) is 0 Å². The highest BCUT2D eigenvalue weighted by Gasteiger charge is 2.24. The van der Waals surface area contributed by atoms with Crippen LogP contribution in [0.15, 0.2) is 36.5 Å². The van der Waals surface area contributed by atoms with Crippen molar-refractivity contribution in [3.8, 4) is 0 Å². The Kier molecular flexibility index (Phi) is 46.6. The molecule has 0 saturated heterocycles. The maximum Gasteiger partial charge on any atom is 0.306 e. The number of ether oxygens (including phenoxy) is 1. The number of hydrogen-bond donors (Lipinski definition) is 3. The van der Waals surface area contributed by atoms with Crippen molar-refractivity contribution >= 4 is 11.9 Å². The molecule has 0 saturated carbocycles. The predicted octanol–water partition coefficient (Wildman–Crippen LogP) is 15.7. The van der Waals surface area contributed by atoms with Crippen molar-refractivity contribution < 1.29 is 24.5 Å². The standard InChI is InChI=1S/C54H101NO5/c1-4-7-10-13-16-19-22-24-25-26-27-29-31-33-36-39-42-45-50(60-54(59)47-44-41-38-35-32-28-23-20-17-14-11-8-5-2)48-53(58)55-51(49-56)52(57)46-43-40-37-34-30-21-18-15-12-9-6-3/h8,11,14,17,20,23,50-52,56-57H,4-7,9-10,12-13,15-16,18-19,21-22,24-49H2,1-3H3,(H,55,58)/b11-8+,17-14+,23-20-. The summed E-state index contributed by atoms with van der Waals surface area (Å²) in [7, 11) is 0. The van der Waals surface area contributed by atoms with E-state index in [0.717, 1.165) is 77.0 Å². The molecule has 3 unspecified atom stereocenters. The van der Waals surface area contributed by atoms with E-state index in [9.17, 15) is 19.8 Å². The summed E-state index contributed by atoms with van der Waals surface area (Å²) in [5.74, 6) is -0.486. The molecule has 0 aliphatic heterocycles. The van der Waals surface area contributed by atoms with Gasteiger partial charge < -0.3 is 20.3 Å². The van der Waals surface area contributed by atoms with Crippen LogP contribution in [-0.2, 0) is 14.3 Å². The Hall–Kier alpha value is -1.92. The molecule has 0 radical (unpaired) electrons. The monoisotopic (exact) mass is 844 g/mol. The number of aliphatic hydroxyl groups excluding tert-OH is 2. The van der Waals surface area contributed by atoms with Gasteiger partial charge in [-0.2, -0.15) is 0 Å². The first-order valence-corrected chi connectivity index (χ1v) is 26.2. The van der Waals surface area contributed by atoms with Crippen molar-refractivity contribution in [2.24, 2.45) is 0 Å². The molecule has 3 atom stereocenters. The zero-order valence-corrected chi connectivity index (χ0v) is 40.1. The number of carbonyl (C=O) groups is 2. The van der Waals surface area contributed by atoms with Gasteiger partial charge in [-0.1, -0.05) is 250 Å². The first-order chi connectivity index (χ1) is 29.5. The Morgan fingerprint density at radius 3 is 1.35 bits per heavy atom. The van der Waals surface area contributed by atoms with Gasteiger partial charge in [0.05, 0.1) is 25.2 Å². The third-order valence-corrected chi connectivity index (χ3v) is 12.0. The van der Waals surface area contributed by atoms with Crippen molar-refractivity contribution in [3.63, 3.8) is 0 Å². The van der Waals surface area contributed by atoms with E-state index in [1.54, 1.807) is 0 Å². The molecule has 0 aliphatic carbocycles. The number of unbranched alkanes of at least 4 members (excludes halogenated alkanes) is 31. The summed E-state index contributed by atoms with van der Waals surface area (Å²) in [5.41, 5.74) is 0. The topological polar surface area (TPSA) is 95.9 Å².